The summed E-state index contributed by atoms with van der Waals surface area (Å²) in [5.74, 6) is 0. The first-order valence-corrected chi connectivity index (χ1v) is 5.63. The summed E-state index contributed by atoms with van der Waals surface area (Å²) in [7, 11) is 0. The van der Waals surface area contributed by atoms with Crippen LogP contribution >= 0.6 is 0 Å². The van der Waals surface area contributed by atoms with Crippen molar-refractivity contribution >= 4 is 6.29 Å². The van der Waals surface area contributed by atoms with Crippen molar-refractivity contribution in [2.75, 3.05) is 18.1 Å². The van der Waals surface area contributed by atoms with Gasteiger partial charge in [0.25, 0.3) is 0 Å². The zero-order valence-corrected chi connectivity index (χ0v) is 9.49. The van der Waals surface area contributed by atoms with E-state index in [0.717, 1.165) is 36.3 Å². The van der Waals surface area contributed by atoms with Crippen LogP contribution in [0, 0.1) is 13.8 Å². The monoisotopic (exact) mass is 206 g/mol. The first-order chi connectivity index (χ1) is 7.24. The standard InChI is InChI=1S/C12H18N2O/c1-10-8-12(9-15)11(2)14(10)13-6-4-3-5-7-13/h8-9H,3-7H2,1-2H3. The van der Waals surface area contributed by atoms with Crippen LogP contribution in [0.25, 0.3) is 0 Å². The van der Waals surface area contributed by atoms with Crippen molar-refractivity contribution in [1.82, 2.24) is 4.68 Å². The molecule has 1 aliphatic rings. The van der Waals surface area contributed by atoms with Gasteiger partial charge in [-0.1, -0.05) is 0 Å². The Bertz CT molecular complexity index is 362. The summed E-state index contributed by atoms with van der Waals surface area (Å²) in [6.45, 7) is 6.29. The number of rotatable bonds is 2. The maximum Gasteiger partial charge on any atom is 0.151 e. The van der Waals surface area contributed by atoms with Crippen molar-refractivity contribution in [1.29, 1.82) is 0 Å². The van der Waals surface area contributed by atoms with E-state index in [0.29, 0.717) is 0 Å². The van der Waals surface area contributed by atoms with Crippen molar-refractivity contribution in [3.05, 3.63) is 23.0 Å². The first kappa shape index (κ1) is 10.3. The average molecular weight is 206 g/mol. The summed E-state index contributed by atoms with van der Waals surface area (Å²) >= 11 is 0. The van der Waals surface area contributed by atoms with Gasteiger partial charge in [0.15, 0.2) is 6.29 Å². The summed E-state index contributed by atoms with van der Waals surface area (Å²) in [4.78, 5) is 10.8. The van der Waals surface area contributed by atoms with E-state index >= 15 is 0 Å². The zero-order valence-electron chi connectivity index (χ0n) is 9.49. The minimum absolute atomic E-state index is 0.818. The third-order valence-corrected chi connectivity index (χ3v) is 3.18. The Morgan fingerprint density at radius 3 is 2.40 bits per heavy atom. The lowest BCUT2D eigenvalue weighted by molar-refractivity contribution is 0.112. The maximum absolute atomic E-state index is 10.8. The third kappa shape index (κ3) is 1.78. The second-order valence-corrected chi connectivity index (χ2v) is 4.27. The molecule has 2 heterocycles. The minimum Gasteiger partial charge on any atom is -0.313 e. The zero-order chi connectivity index (χ0) is 10.8. The van der Waals surface area contributed by atoms with Gasteiger partial charge in [0.2, 0.25) is 0 Å². The fourth-order valence-corrected chi connectivity index (χ4v) is 2.41. The predicted octanol–water partition coefficient (Wildman–Crippen LogP) is 2.04. The maximum atomic E-state index is 10.8. The molecule has 0 saturated carbocycles. The quantitative estimate of drug-likeness (QED) is 0.692. The van der Waals surface area contributed by atoms with Crippen LogP contribution < -0.4 is 5.01 Å². The van der Waals surface area contributed by atoms with E-state index in [1.165, 1.54) is 19.3 Å². The molecule has 1 fully saturated rings. The van der Waals surface area contributed by atoms with Gasteiger partial charge in [-0.05, 0) is 39.2 Å². The SMILES string of the molecule is Cc1cc(C=O)c(C)n1N1CCCCC1. The van der Waals surface area contributed by atoms with E-state index in [2.05, 4.69) is 16.6 Å². The van der Waals surface area contributed by atoms with Crippen molar-refractivity contribution in [3.63, 3.8) is 0 Å². The number of aldehydes is 1. The van der Waals surface area contributed by atoms with Crippen LogP contribution in [0.15, 0.2) is 6.07 Å². The van der Waals surface area contributed by atoms with Crippen LogP contribution in [0.4, 0.5) is 0 Å². The first-order valence-electron chi connectivity index (χ1n) is 5.63. The van der Waals surface area contributed by atoms with E-state index in [-0.39, 0.29) is 0 Å². The Morgan fingerprint density at radius 2 is 1.87 bits per heavy atom. The second kappa shape index (κ2) is 4.09. The smallest absolute Gasteiger partial charge is 0.151 e. The predicted molar refractivity (Wildman–Crippen MR) is 61.1 cm³/mol. The van der Waals surface area contributed by atoms with Crippen molar-refractivity contribution in [2.45, 2.75) is 33.1 Å². The van der Waals surface area contributed by atoms with Crippen molar-refractivity contribution in [3.8, 4) is 0 Å². The number of hydrogen-bond donors (Lipinski definition) is 0. The Labute approximate surface area is 90.7 Å². The fraction of sp³-hybridized carbons (Fsp3) is 0.583. The molecule has 3 heteroatoms. The molecule has 0 bridgehead atoms. The third-order valence-electron chi connectivity index (χ3n) is 3.18. The van der Waals surface area contributed by atoms with Crippen molar-refractivity contribution < 1.29 is 4.79 Å². The van der Waals surface area contributed by atoms with Gasteiger partial charge in [-0.2, -0.15) is 0 Å². The number of aromatic nitrogens is 1. The summed E-state index contributed by atoms with van der Waals surface area (Å²) in [6.07, 6.45) is 4.79. The molecule has 82 valence electrons. The van der Waals surface area contributed by atoms with Gasteiger partial charge in [-0.15, -0.1) is 0 Å². The number of carbonyl (C=O) groups excluding carboxylic acids is 1. The van der Waals surface area contributed by atoms with Crippen LogP contribution in [0.3, 0.4) is 0 Å². The van der Waals surface area contributed by atoms with Gasteiger partial charge >= 0.3 is 0 Å². The highest BCUT2D eigenvalue weighted by molar-refractivity contribution is 5.77. The van der Waals surface area contributed by atoms with E-state index in [4.69, 9.17) is 0 Å². The average Bonchev–Trinajstić information content (AvgIpc) is 2.55. The molecule has 0 aliphatic carbocycles. The molecule has 15 heavy (non-hydrogen) atoms. The lowest BCUT2D eigenvalue weighted by Gasteiger charge is -2.32. The van der Waals surface area contributed by atoms with Gasteiger partial charge in [0.1, 0.15) is 0 Å². The molecule has 1 aliphatic heterocycles. The molecule has 0 radical (unpaired) electrons. The van der Waals surface area contributed by atoms with Crippen LogP contribution in [0.1, 0.15) is 41.0 Å². The molecular formula is C12H18N2O. The molecule has 0 amide bonds. The lowest BCUT2D eigenvalue weighted by atomic mass is 10.2. The number of aryl methyl sites for hydroxylation is 1. The number of hydrogen-bond acceptors (Lipinski definition) is 2. The minimum atomic E-state index is 0.818. The number of carbonyl (C=O) groups is 1. The van der Waals surface area contributed by atoms with Gasteiger partial charge in [0.05, 0.1) is 0 Å². The van der Waals surface area contributed by atoms with E-state index in [1.807, 2.05) is 13.0 Å². The highest BCUT2D eigenvalue weighted by atomic mass is 16.1. The molecule has 1 aromatic rings. The molecule has 1 saturated heterocycles. The summed E-state index contributed by atoms with van der Waals surface area (Å²) in [5.41, 5.74) is 3.05. The molecular weight excluding hydrogens is 188 g/mol. The van der Waals surface area contributed by atoms with E-state index < -0.39 is 0 Å². The Kier molecular flexibility index (Phi) is 2.80. The van der Waals surface area contributed by atoms with Crippen molar-refractivity contribution in [2.24, 2.45) is 0 Å². The normalized spacial score (nSPS) is 16.8. The summed E-state index contributed by atoms with van der Waals surface area (Å²) < 4.78 is 2.20. The lowest BCUT2D eigenvalue weighted by Crippen LogP contribution is -2.40. The van der Waals surface area contributed by atoms with Gasteiger partial charge in [0, 0.05) is 30.0 Å². The molecule has 2 rings (SSSR count). The van der Waals surface area contributed by atoms with Gasteiger partial charge in [-0.25, -0.2) is 0 Å². The Hall–Kier alpha value is -1.25. The highest BCUT2D eigenvalue weighted by Gasteiger charge is 2.16. The summed E-state index contributed by atoms with van der Waals surface area (Å²) in [6, 6.07) is 1.97. The Balaban J connectivity index is 2.33. The van der Waals surface area contributed by atoms with Gasteiger partial charge < -0.3 is 5.01 Å². The van der Waals surface area contributed by atoms with Crippen LogP contribution in [0.5, 0.6) is 0 Å². The second-order valence-electron chi connectivity index (χ2n) is 4.27. The molecule has 0 aromatic carbocycles. The highest BCUT2D eigenvalue weighted by Crippen LogP contribution is 2.17. The molecule has 0 atom stereocenters. The van der Waals surface area contributed by atoms with E-state index in [1.54, 1.807) is 0 Å². The Morgan fingerprint density at radius 1 is 1.20 bits per heavy atom. The number of nitrogens with zero attached hydrogens (tertiary/aromatic N) is 2. The van der Waals surface area contributed by atoms with Crippen LogP contribution in [-0.2, 0) is 0 Å². The number of piperidine rings is 1. The topological polar surface area (TPSA) is 25.2 Å². The fourth-order valence-electron chi connectivity index (χ4n) is 2.41. The molecule has 0 N–H and O–H groups in total. The van der Waals surface area contributed by atoms with Gasteiger partial charge in [-0.3, -0.25) is 9.47 Å². The van der Waals surface area contributed by atoms with Crippen LogP contribution in [-0.4, -0.2) is 24.1 Å². The van der Waals surface area contributed by atoms with Crippen LogP contribution in [0.2, 0.25) is 0 Å². The molecule has 1 aromatic heterocycles. The molecule has 0 unspecified atom stereocenters. The largest absolute Gasteiger partial charge is 0.313 e. The molecule has 3 nitrogen and oxygen atoms in total. The summed E-state index contributed by atoms with van der Waals surface area (Å²) in [5, 5.41) is 2.35. The molecule has 0 spiro atoms. The van der Waals surface area contributed by atoms with E-state index in [9.17, 15) is 4.79 Å².